The van der Waals surface area contributed by atoms with Gasteiger partial charge in [0.25, 0.3) is 0 Å². The highest BCUT2D eigenvalue weighted by Crippen LogP contribution is 2.30. The molecule has 2 saturated heterocycles. The Balaban J connectivity index is 1.35. The first-order valence-electron chi connectivity index (χ1n) is 11.1. The number of carbonyl (C=O) groups excluding carboxylic acids is 1. The number of alkyl halides is 3. The normalized spacial score (nSPS) is 20.3. The second-order valence-electron chi connectivity index (χ2n) is 8.53. The zero-order valence-electron chi connectivity index (χ0n) is 18.0. The fourth-order valence-electron chi connectivity index (χ4n) is 4.37. The molecule has 0 N–H and O–H groups in total. The third-order valence-electron chi connectivity index (χ3n) is 6.17. The molecule has 0 aliphatic carbocycles. The molecule has 2 aliphatic heterocycles. The Morgan fingerprint density at radius 2 is 1.91 bits per heavy atom. The lowest BCUT2D eigenvalue weighted by Crippen LogP contribution is -2.47. The van der Waals surface area contributed by atoms with E-state index in [9.17, 15) is 18.0 Å². The SMILES string of the molecule is O=C(CN1CCOCC1)N1CCC[C@H](c2ccc(Cc3cccc(C(F)(F)F)c3)cn2)C1. The number of rotatable bonds is 5. The summed E-state index contributed by atoms with van der Waals surface area (Å²) >= 11 is 0. The van der Waals surface area contributed by atoms with Gasteiger partial charge in [-0.15, -0.1) is 0 Å². The number of benzene rings is 1. The standard InChI is InChI=1S/C24H28F3N3O2/c25-24(26,27)21-5-1-3-18(14-21)13-19-6-7-22(28-15-19)20-4-2-8-30(16-20)23(31)17-29-9-11-32-12-10-29/h1,3,5-7,14-15,20H,2,4,8-13,16-17H2/t20-/m0/s1. The molecule has 2 aromatic rings. The minimum Gasteiger partial charge on any atom is -0.379 e. The van der Waals surface area contributed by atoms with Crippen LogP contribution in [0.3, 0.4) is 0 Å². The summed E-state index contributed by atoms with van der Waals surface area (Å²) in [4.78, 5) is 21.4. The molecule has 0 radical (unpaired) electrons. The highest BCUT2D eigenvalue weighted by atomic mass is 19.4. The summed E-state index contributed by atoms with van der Waals surface area (Å²) in [7, 11) is 0. The molecule has 1 aromatic heterocycles. The van der Waals surface area contributed by atoms with Crippen LogP contribution in [0, 0.1) is 0 Å². The maximum Gasteiger partial charge on any atom is 0.416 e. The van der Waals surface area contributed by atoms with E-state index in [1.165, 1.54) is 12.1 Å². The Labute approximate surface area is 186 Å². The van der Waals surface area contributed by atoms with Crippen molar-refractivity contribution in [2.24, 2.45) is 0 Å². The van der Waals surface area contributed by atoms with Gasteiger partial charge in [-0.25, -0.2) is 0 Å². The first-order valence-corrected chi connectivity index (χ1v) is 11.1. The Morgan fingerprint density at radius 3 is 2.62 bits per heavy atom. The number of hydrogen-bond acceptors (Lipinski definition) is 4. The Bertz CT molecular complexity index is 911. The second kappa shape index (κ2) is 10.0. The summed E-state index contributed by atoms with van der Waals surface area (Å²) in [6.07, 6.45) is -0.297. The van der Waals surface area contributed by atoms with Gasteiger partial charge in [0.15, 0.2) is 0 Å². The number of likely N-dealkylation sites (tertiary alicyclic amines) is 1. The first kappa shape index (κ1) is 22.7. The lowest BCUT2D eigenvalue weighted by atomic mass is 9.93. The van der Waals surface area contributed by atoms with Crippen LogP contribution in [0.1, 0.15) is 41.1 Å². The van der Waals surface area contributed by atoms with Gasteiger partial charge in [0.2, 0.25) is 5.91 Å². The highest BCUT2D eigenvalue weighted by Gasteiger charge is 2.30. The molecule has 1 atom stereocenters. The average molecular weight is 448 g/mol. The largest absolute Gasteiger partial charge is 0.416 e. The summed E-state index contributed by atoms with van der Waals surface area (Å²) in [5.41, 5.74) is 1.77. The molecule has 2 fully saturated rings. The molecular formula is C24H28F3N3O2. The van der Waals surface area contributed by atoms with Crippen LogP contribution >= 0.6 is 0 Å². The van der Waals surface area contributed by atoms with Crippen molar-refractivity contribution < 1.29 is 22.7 Å². The van der Waals surface area contributed by atoms with Crippen LogP contribution in [0.2, 0.25) is 0 Å². The zero-order chi connectivity index (χ0) is 22.6. The summed E-state index contributed by atoms with van der Waals surface area (Å²) < 4.78 is 44.2. The lowest BCUT2D eigenvalue weighted by Gasteiger charge is -2.35. The molecule has 0 saturated carbocycles. The van der Waals surface area contributed by atoms with Crippen molar-refractivity contribution in [3.63, 3.8) is 0 Å². The molecule has 3 heterocycles. The third-order valence-corrected chi connectivity index (χ3v) is 6.17. The fourth-order valence-corrected chi connectivity index (χ4v) is 4.37. The smallest absolute Gasteiger partial charge is 0.379 e. The third kappa shape index (κ3) is 5.86. The predicted molar refractivity (Wildman–Crippen MR) is 114 cm³/mol. The fraction of sp³-hybridized carbons (Fsp3) is 0.500. The molecule has 172 valence electrons. The number of pyridine rings is 1. The lowest BCUT2D eigenvalue weighted by molar-refractivity contribution is -0.137. The van der Waals surface area contributed by atoms with Gasteiger partial charge in [-0.3, -0.25) is 14.7 Å². The summed E-state index contributed by atoms with van der Waals surface area (Å²) in [5.74, 6) is 0.331. The number of ether oxygens (including phenoxy) is 1. The topological polar surface area (TPSA) is 45.7 Å². The van der Waals surface area contributed by atoms with E-state index in [1.54, 1.807) is 12.3 Å². The first-order chi connectivity index (χ1) is 15.4. The average Bonchev–Trinajstić information content (AvgIpc) is 2.80. The van der Waals surface area contributed by atoms with Crippen LogP contribution in [0.25, 0.3) is 0 Å². The van der Waals surface area contributed by atoms with Gasteiger partial charge in [0, 0.05) is 44.0 Å². The minimum absolute atomic E-state index is 0.151. The molecule has 0 spiro atoms. The van der Waals surface area contributed by atoms with Crippen LogP contribution < -0.4 is 0 Å². The van der Waals surface area contributed by atoms with E-state index in [-0.39, 0.29) is 11.8 Å². The van der Waals surface area contributed by atoms with Crippen LogP contribution in [0.5, 0.6) is 0 Å². The van der Waals surface area contributed by atoms with Crippen molar-refractivity contribution in [3.8, 4) is 0 Å². The van der Waals surface area contributed by atoms with Crippen molar-refractivity contribution >= 4 is 5.91 Å². The van der Waals surface area contributed by atoms with Crippen LogP contribution in [0.4, 0.5) is 13.2 Å². The van der Waals surface area contributed by atoms with Gasteiger partial charge in [-0.2, -0.15) is 13.2 Å². The number of amides is 1. The number of hydrogen-bond donors (Lipinski definition) is 0. The van der Waals surface area contributed by atoms with E-state index < -0.39 is 11.7 Å². The van der Waals surface area contributed by atoms with Gasteiger partial charge in [-0.1, -0.05) is 24.3 Å². The Hall–Kier alpha value is -2.45. The highest BCUT2D eigenvalue weighted by molar-refractivity contribution is 5.78. The van der Waals surface area contributed by atoms with Crippen molar-refractivity contribution in [2.45, 2.75) is 31.4 Å². The molecule has 2 aliphatic rings. The predicted octanol–water partition coefficient (Wildman–Crippen LogP) is 3.73. The van der Waals surface area contributed by atoms with Crippen LogP contribution in [-0.4, -0.2) is 66.6 Å². The molecular weight excluding hydrogens is 419 g/mol. The van der Waals surface area contributed by atoms with E-state index >= 15 is 0 Å². The van der Waals surface area contributed by atoms with Crippen molar-refractivity contribution in [3.05, 3.63) is 65.0 Å². The van der Waals surface area contributed by atoms with E-state index in [0.717, 1.165) is 49.8 Å². The van der Waals surface area contributed by atoms with Crippen molar-refractivity contribution in [1.82, 2.24) is 14.8 Å². The van der Waals surface area contributed by atoms with Gasteiger partial charge >= 0.3 is 6.18 Å². The number of aromatic nitrogens is 1. The second-order valence-corrected chi connectivity index (χ2v) is 8.53. The molecule has 1 aromatic carbocycles. The Morgan fingerprint density at radius 1 is 1.09 bits per heavy atom. The molecule has 0 bridgehead atoms. The summed E-state index contributed by atoms with van der Waals surface area (Å²) in [6, 6.07) is 9.28. The van der Waals surface area contributed by atoms with E-state index in [4.69, 9.17) is 4.74 Å². The monoisotopic (exact) mass is 447 g/mol. The maximum atomic E-state index is 12.9. The van der Waals surface area contributed by atoms with Crippen LogP contribution in [0.15, 0.2) is 42.6 Å². The summed E-state index contributed by atoms with van der Waals surface area (Å²) in [5, 5.41) is 0. The minimum atomic E-state index is -4.34. The number of halogens is 3. The van der Waals surface area contributed by atoms with Crippen molar-refractivity contribution in [2.75, 3.05) is 45.9 Å². The quantitative estimate of drug-likeness (QED) is 0.701. The van der Waals surface area contributed by atoms with Gasteiger partial charge < -0.3 is 9.64 Å². The number of carbonyl (C=O) groups is 1. The molecule has 4 rings (SSSR count). The molecule has 5 nitrogen and oxygen atoms in total. The number of morpholine rings is 1. The zero-order valence-corrected chi connectivity index (χ0v) is 18.0. The maximum absolute atomic E-state index is 12.9. The van der Waals surface area contributed by atoms with Gasteiger partial charge in [0.05, 0.1) is 25.3 Å². The Kier molecular flexibility index (Phi) is 7.10. The van der Waals surface area contributed by atoms with Crippen LogP contribution in [-0.2, 0) is 22.1 Å². The van der Waals surface area contributed by atoms with Gasteiger partial charge in [0.1, 0.15) is 0 Å². The van der Waals surface area contributed by atoms with E-state index in [0.29, 0.717) is 38.3 Å². The number of nitrogens with zero attached hydrogens (tertiary/aromatic N) is 3. The summed E-state index contributed by atoms with van der Waals surface area (Å²) in [6.45, 7) is 4.78. The molecule has 8 heteroatoms. The molecule has 0 unspecified atom stereocenters. The van der Waals surface area contributed by atoms with E-state index in [2.05, 4.69) is 9.88 Å². The molecule has 32 heavy (non-hydrogen) atoms. The van der Waals surface area contributed by atoms with Gasteiger partial charge in [-0.05, 0) is 42.5 Å². The van der Waals surface area contributed by atoms with Crippen molar-refractivity contribution in [1.29, 1.82) is 0 Å². The molecule has 1 amide bonds. The number of piperidine rings is 1. The van der Waals surface area contributed by atoms with E-state index in [1.807, 2.05) is 17.0 Å².